The number of nitrogens with zero attached hydrogens (tertiary/aromatic N) is 1. The molecule has 2 amide bonds. The molecule has 0 radical (unpaired) electrons. The summed E-state index contributed by atoms with van der Waals surface area (Å²) < 4.78 is 37.6. The molecule has 3 heterocycles. The maximum atomic E-state index is 13.1. The Morgan fingerprint density at radius 2 is 1.88 bits per heavy atom. The van der Waals surface area contributed by atoms with Gasteiger partial charge in [-0.1, -0.05) is 6.07 Å². The van der Waals surface area contributed by atoms with Crippen LogP contribution in [0.25, 0.3) is 10.2 Å². The fraction of sp³-hybridized carbons (Fsp3) is 0.208. The molecule has 0 saturated heterocycles. The number of hydrogen-bond donors (Lipinski definition) is 2. The Balaban J connectivity index is 1.56. The van der Waals surface area contributed by atoms with Gasteiger partial charge in [-0.05, 0) is 67.8 Å². The number of alkyl halides is 2. The summed E-state index contributed by atoms with van der Waals surface area (Å²) in [6, 6.07) is 10.0. The van der Waals surface area contributed by atoms with Gasteiger partial charge in [0.05, 0.1) is 5.69 Å². The van der Waals surface area contributed by atoms with Gasteiger partial charge in [0.15, 0.2) is 5.76 Å². The zero-order chi connectivity index (χ0) is 24.6. The molecule has 10 heteroatoms. The largest absolute Gasteiger partial charge is 0.486 e. The lowest BCUT2D eigenvalue weighted by atomic mass is 10.1. The van der Waals surface area contributed by atoms with Gasteiger partial charge in [-0.3, -0.25) is 9.59 Å². The monoisotopic (exact) mass is 485 g/mol. The zero-order valence-corrected chi connectivity index (χ0v) is 19.4. The van der Waals surface area contributed by atoms with Crippen molar-refractivity contribution in [3.05, 3.63) is 75.2 Å². The van der Waals surface area contributed by atoms with Crippen molar-refractivity contribution < 1.29 is 27.5 Å². The number of aryl methyl sites for hydroxylation is 3. The summed E-state index contributed by atoms with van der Waals surface area (Å²) >= 11 is 0.844. The Hall–Kier alpha value is -3.79. The van der Waals surface area contributed by atoms with Gasteiger partial charge in [0.2, 0.25) is 0 Å². The predicted octanol–water partition coefficient (Wildman–Crippen LogP) is 5.68. The van der Waals surface area contributed by atoms with Crippen LogP contribution >= 0.6 is 11.3 Å². The number of benzene rings is 1. The third-order valence-corrected chi connectivity index (χ3v) is 6.41. The van der Waals surface area contributed by atoms with E-state index in [1.165, 1.54) is 12.1 Å². The number of primary amides is 1. The van der Waals surface area contributed by atoms with Gasteiger partial charge >= 0.3 is 0 Å². The molecule has 176 valence electrons. The molecule has 0 saturated carbocycles. The first-order chi connectivity index (χ1) is 16.1. The van der Waals surface area contributed by atoms with Crippen molar-refractivity contribution in [2.24, 2.45) is 5.73 Å². The van der Waals surface area contributed by atoms with E-state index < -0.39 is 23.9 Å². The van der Waals surface area contributed by atoms with Crippen molar-refractivity contribution in [1.29, 1.82) is 0 Å². The van der Waals surface area contributed by atoms with E-state index in [2.05, 4.69) is 10.3 Å². The third-order valence-electron chi connectivity index (χ3n) is 5.31. The van der Waals surface area contributed by atoms with Crippen molar-refractivity contribution in [1.82, 2.24) is 4.98 Å². The summed E-state index contributed by atoms with van der Waals surface area (Å²) in [5.74, 6) is -0.348. The first kappa shape index (κ1) is 23.4. The highest BCUT2D eigenvalue weighted by Crippen LogP contribution is 2.38. The number of thiophene rings is 1. The molecule has 0 fully saturated rings. The highest BCUT2D eigenvalue weighted by molar-refractivity contribution is 7.21. The molecule has 0 atom stereocenters. The smallest absolute Gasteiger partial charge is 0.291 e. The van der Waals surface area contributed by atoms with E-state index in [9.17, 15) is 18.4 Å². The number of hydrogen-bond acceptors (Lipinski definition) is 6. The summed E-state index contributed by atoms with van der Waals surface area (Å²) in [6.45, 7) is 5.70. The van der Waals surface area contributed by atoms with E-state index in [4.69, 9.17) is 14.9 Å². The first-order valence-corrected chi connectivity index (χ1v) is 11.1. The lowest BCUT2D eigenvalue weighted by Gasteiger charge is -2.08. The van der Waals surface area contributed by atoms with E-state index in [1.54, 1.807) is 13.0 Å². The number of aromatic nitrogens is 1. The van der Waals surface area contributed by atoms with Crippen molar-refractivity contribution >= 4 is 39.1 Å². The fourth-order valence-electron chi connectivity index (χ4n) is 3.42. The van der Waals surface area contributed by atoms with Gasteiger partial charge in [0, 0.05) is 5.39 Å². The van der Waals surface area contributed by atoms with E-state index in [-0.39, 0.29) is 27.8 Å². The minimum Gasteiger partial charge on any atom is -0.486 e. The van der Waals surface area contributed by atoms with E-state index in [1.807, 2.05) is 32.0 Å². The molecule has 7 nitrogen and oxygen atoms in total. The van der Waals surface area contributed by atoms with Gasteiger partial charge in [-0.2, -0.15) is 0 Å². The van der Waals surface area contributed by atoms with Crippen molar-refractivity contribution in [3.8, 4) is 5.75 Å². The van der Waals surface area contributed by atoms with Crippen molar-refractivity contribution in [2.75, 3.05) is 5.32 Å². The maximum Gasteiger partial charge on any atom is 0.291 e. The number of carbonyl (C=O) groups is 2. The molecule has 0 aliphatic carbocycles. The van der Waals surface area contributed by atoms with Crippen LogP contribution in [0.15, 0.2) is 40.8 Å². The van der Waals surface area contributed by atoms with Gasteiger partial charge in [0.25, 0.3) is 18.2 Å². The summed E-state index contributed by atoms with van der Waals surface area (Å²) in [5.41, 5.74) is 7.84. The first-order valence-electron chi connectivity index (χ1n) is 10.3. The van der Waals surface area contributed by atoms with Gasteiger partial charge in [-0.25, -0.2) is 13.8 Å². The van der Waals surface area contributed by atoms with Crippen LogP contribution in [0, 0.1) is 20.8 Å². The number of halogens is 2. The Labute approximate surface area is 197 Å². The number of rotatable bonds is 7. The van der Waals surface area contributed by atoms with Crippen LogP contribution in [0.1, 0.15) is 54.8 Å². The van der Waals surface area contributed by atoms with Gasteiger partial charge in [-0.15, -0.1) is 11.3 Å². The summed E-state index contributed by atoms with van der Waals surface area (Å²) in [6.07, 6.45) is -2.77. The van der Waals surface area contributed by atoms with Crippen LogP contribution in [0.3, 0.4) is 0 Å². The molecule has 3 N–H and O–H groups in total. The van der Waals surface area contributed by atoms with E-state index >= 15 is 0 Å². The Kier molecular flexibility index (Phi) is 6.34. The molecule has 0 bridgehead atoms. The number of ether oxygens (including phenoxy) is 1. The standard InChI is InChI=1S/C24H21F2N3O4S/c1-11-4-5-14(8-12(11)2)32-10-15-6-7-17(33-15)23(31)29-19-18-13(3)9-16(21(25)26)28-24(18)34-20(19)22(27)30/h4-9,21H,10H2,1-3H3,(H2,27,30)(H,29,31). The molecule has 0 unspecified atom stereocenters. The Morgan fingerprint density at radius 3 is 2.56 bits per heavy atom. The quantitative estimate of drug-likeness (QED) is 0.350. The molecule has 0 spiro atoms. The molecule has 1 aromatic carbocycles. The Bertz CT molecular complexity index is 1410. The zero-order valence-electron chi connectivity index (χ0n) is 18.6. The number of furan rings is 1. The van der Waals surface area contributed by atoms with Crippen LogP contribution in [-0.2, 0) is 6.61 Å². The van der Waals surface area contributed by atoms with Crippen LogP contribution in [0.2, 0.25) is 0 Å². The average Bonchev–Trinajstić information content (AvgIpc) is 3.40. The molecule has 3 aromatic heterocycles. The summed E-state index contributed by atoms with van der Waals surface area (Å²) in [4.78, 5) is 28.9. The second-order valence-electron chi connectivity index (χ2n) is 7.77. The molecule has 4 rings (SSSR count). The lowest BCUT2D eigenvalue weighted by Crippen LogP contribution is -2.16. The second kappa shape index (κ2) is 9.22. The summed E-state index contributed by atoms with van der Waals surface area (Å²) in [5, 5.41) is 3.01. The predicted molar refractivity (Wildman–Crippen MR) is 125 cm³/mol. The fourth-order valence-corrected chi connectivity index (χ4v) is 4.49. The highest BCUT2D eigenvalue weighted by Gasteiger charge is 2.24. The minimum atomic E-state index is -2.77. The molecular weight excluding hydrogens is 464 g/mol. The summed E-state index contributed by atoms with van der Waals surface area (Å²) in [7, 11) is 0. The van der Waals surface area contributed by atoms with E-state index in [0.717, 1.165) is 22.5 Å². The molecule has 0 aliphatic heterocycles. The normalized spacial score (nSPS) is 11.2. The number of fused-ring (bicyclic) bond motifs is 1. The Morgan fingerprint density at radius 1 is 1.12 bits per heavy atom. The molecule has 0 aliphatic rings. The minimum absolute atomic E-state index is 0.00946. The second-order valence-corrected chi connectivity index (χ2v) is 8.77. The molecule has 4 aromatic rings. The van der Waals surface area contributed by atoms with Crippen LogP contribution in [0.5, 0.6) is 5.75 Å². The SMILES string of the molecule is Cc1ccc(OCc2ccc(C(=O)Nc3c(C(N)=O)sc4nc(C(F)F)cc(C)c34)o2)cc1C. The molecular formula is C24H21F2N3O4S. The van der Waals surface area contributed by atoms with Crippen LogP contribution < -0.4 is 15.8 Å². The number of nitrogens with two attached hydrogens (primary N) is 1. The van der Waals surface area contributed by atoms with Crippen LogP contribution in [-0.4, -0.2) is 16.8 Å². The van der Waals surface area contributed by atoms with Gasteiger partial charge < -0.3 is 20.2 Å². The topological polar surface area (TPSA) is 107 Å². The number of carbonyl (C=O) groups excluding carboxylic acids is 2. The number of amides is 2. The number of nitrogens with one attached hydrogen (secondary N) is 1. The van der Waals surface area contributed by atoms with Crippen LogP contribution in [0.4, 0.5) is 14.5 Å². The van der Waals surface area contributed by atoms with Crippen molar-refractivity contribution in [2.45, 2.75) is 33.8 Å². The number of anilines is 1. The average molecular weight is 486 g/mol. The van der Waals surface area contributed by atoms with Gasteiger partial charge in [0.1, 0.15) is 33.5 Å². The lowest BCUT2D eigenvalue weighted by molar-refractivity contribution is 0.0992. The third kappa shape index (κ3) is 4.62. The van der Waals surface area contributed by atoms with Crippen molar-refractivity contribution in [3.63, 3.8) is 0 Å². The molecule has 34 heavy (non-hydrogen) atoms. The van der Waals surface area contributed by atoms with E-state index in [0.29, 0.717) is 22.5 Å². The number of pyridine rings is 1. The maximum absolute atomic E-state index is 13.1. The highest BCUT2D eigenvalue weighted by atomic mass is 32.1.